The maximum Gasteiger partial charge on any atom is 0.173 e. The molecule has 0 amide bonds. The molecule has 6 rings (SSSR count). The molecule has 0 spiro atoms. The number of hydrogen-bond acceptors (Lipinski definition) is 9. The highest BCUT2D eigenvalue weighted by Gasteiger charge is 2.69. The number of nitrogens with two attached hydrogens (primary N) is 1. The van der Waals surface area contributed by atoms with E-state index in [9.17, 15) is 0 Å². The van der Waals surface area contributed by atoms with Crippen LogP contribution in [0.1, 0.15) is 10.7 Å². The summed E-state index contributed by atoms with van der Waals surface area (Å²) in [5.41, 5.74) is 7.35. The SMILES string of the molecule is Cc1csc([C@]2(CN)[C@@H]3CN(c4cnc(Sc5ccnc(-n6cccn6)c5Cl)cn4)C[C@@H]32)n1. The van der Waals surface area contributed by atoms with Crippen molar-refractivity contribution >= 4 is 40.5 Å². The van der Waals surface area contributed by atoms with Crippen molar-refractivity contribution in [3.05, 3.63) is 64.2 Å². The van der Waals surface area contributed by atoms with Gasteiger partial charge in [-0.15, -0.1) is 11.3 Å². The van der Waals surface area contributed by atoms with Crippen LogP contribution in [-0.4, -0.2) is 49.4 Å². The summed E-state index contributed by atoms with van der Waals surface area (Å²) in [5.74, 6) is 2.54. The number of nitrogens with zero attached hydrogens (tertiary/aromatic N) is 7. The third kappa shape index (κ3) is 3.43. The smallest absolute Gasteiger partial charge is 0.173 e. The van der Waals surface area contributed by atoms with Gasteiger partial charge in [-0.25, -0.2) is 24.6 Å². The lowest BCUT2D eigenvalue weighted by Crippen LogP contribution is -2.35. The van der Waals surface area contributed by atoms with Crippen molar-refractivity contribution in [2.75, 3.05) is 24.5 Å². The zero-order valence-corrected chi connectivity index (χ0v) is 20.2. The van der Waals surface area contributed by atoms with Gasteiger partial charge in [0.2, 0.25) is 0 Å². The maximum atomic E-state index is 6.58. The highest BCUT2D eigenvalue weighted by atomic mass is 35.5. The molecule has 4 aromatic heterocycles. The second kappa shape index (κ2) is 8.05. The van der Waals surface area contributed by atoms with E-state index in [0.717, 1.165) is 34.5 Å². The molecule has 4 aromatic rings. The Morgan fingerprint density at radius 2 is 2.06 bits per heavy atom. The Bertz CT molecular complexity index is 1280. The number of rotatable bonds is 6. The van der Waals surface area contributed by atoms with Crippen LogP contribution in [0, 0.1) is 18.8 Å². The van der Waals surface area contributed by atoms with E-state index >= 15 is 0 Å². The minimum absolute atomic E-state index is 0.0447. The van der Waals surface area contributed by atoms with Crippen LogP contribution >= 0.6 is 34.7 Å². The highest BCUT2D eigenvalue weighted by Crippen LogP contribution is 2.63. The zero-order chi connectivity index (χ0) is 22.6. The average molecular weight is 497 g/mol. The molecule has 2 fully saturated rings. The second-order valence-electron chi connectivity index (χ2n) is 8.37. The quantitative estimate of drug-likeness (QED) is 0.432. The molecule has 2 aliphatic rings. The van der Waals surface area contributed by atoms with Crippen molar-refractivity contribution in [3.8, 4) is 5.82 Å². The molecule has 1 saturated heterocycles. The zero-order valence-electron chi connectivity index (χ0n) is 17.8. The summed E-state index contributed by atoms with van der Waals surface area (Å²) in [4.78, 5) is 21.6. The molecule has 33 heavy (non-hydrogen) atoms. The molecule has 0 bridgehead atoms. The fourth-order valence-corrected chi connectivity index (χ4v) is 7.08. The molecule has 1 aliphatic carbocycles. The third-order valence-corrected chi connectivity index (χ3v) is 9.22. The van der Waals surface area contributed by atoms with E-state index in [1.165, 1.54) is 16.8 Å². The molecule has 0 aromatic carbocycles. The number of pyridine rings is 1. The van der Waals surface area contributed by atoms with Gasteiger partial charge in [0.1, 0.15) is 15.9 Å². The van der Waals surface area contributed by atoms with E-state index < -0.39 is 0 Å². The van der Waals surface area contributed by atoms with Gasteiger partial charge in [0.05, 0.1) is 17.4 Å². The van der Waals surface area contributed by atoms with Gasteiger partial charge >= 0.3 is 0 Å². The lowest BCUT2D eigenvalue weighted by atomic mass is 10.0. The van der Waals surface area contributed by atoms with E-state index in [2.05, 4.69) is 30.3 Å². The van der Waals surface area contributed by atoms with Gasteiger partial charge in [-0.3, -0.25) is 0 Å². The van der Waals surface area contributed by atoms with E-state index in [1.807, 2.05) is 31.5 Å². The molecule has 3 atom stereocenters. The molecule has 11 heteroatoms. The number of aryl methyl sites for hydroxylation is 1. The minimum atomic E-state index is 0.0447. The van der Waals surface area contributed by atoms with Crippen LogP contribution < -0.4 is 10.6 Å². The summed E-state index contributed by atoms with van der Waals surface area (Å²) in [7, 11) is 0. The third-order valence-electron chi connectivity index (χ3n) is 6.60. The van der Waals surface area contributed by atoms with Crippen molar-refractivity contribution in [1.29, 1.82) is 0 Å². The molecular weight excluding hydrogens is 476 g/mol. The predicted octanol–water partition coefficient (Wildman–Crippen LogP) is 3.59. The lowest BCUT2D eigenvalue weighted by molar-refractivity contribution is 0.548. The van der Waals surface area contributed by atoms with Crippen LogP contribution in [0.25, 0.3) is 5.82 Å². The first-order chi connectivity index (χ1) is 16.1. The summed E-state index contributed by atoms with van der Waals surface area (Å²) in [6, 6.07) is 3.70. The molecule has 1 aliphatic heterocycles. The monoisotopic (exact) mass is 496 g/mol. The number of thiazole rings is 1. The van der Waals surface area contributed by atoms with E-state index in [4.69, 9.17) is 22.3 Å². The predicted molar refractivity (Wildman–Crippen MR) is 129 cm³/mol. The number of piperidine rings is 1. The topological polar surface area (TPSA) is 98.6 Å². The first-order valence-electron chi connectivity index (χ1n) is 10.6. The van der Waals surface area contributed by atoms with Crippen LogP contribution in [0.2, 0.25) is 5.02 Å². The molecular formula is C22H21ClN8S2. The summed E-state index contributed by atoms with van der Waals surface area (Å²) in [5, 5.41) is 8.83. The minimum Gasteiger partial charge on any atom is -0.355 e. The van der Waals surface area contributed by atoms with Gasteiger partial charge in [0.25, 0.3) is 0 Å². The van der Waals surface area contributed by atoms with Crippen molar-refractivity contribution in [3.63, 3.8) is 0 Å². The van der Waals surface area contributed by atoms with Gasteiger partial charge in [0.15, 0.2) is 5.82 Å². The van der Waals surface area contributed by atoms with E-state index in [-0.39, 0.29) is 5.41 Å². The molecule has 1 saturated carbocycles. The highest BCUT2D eigenvalue weighted by molar-refractivity contribution is 7.99. The summed E-state index contributed by atoms with van der Waals surface area (Å²) in [6.07, 6.45) is 8.87. The molecule has 168 valence electrons. The van der Waals surface area contributed by atoms with Crippen LogP contribution in [0.4, 0.5) is 5.82 Å². The Hall–Kier alpha value is -2.53. The fourth-order valence-electron chi connectivity index (χ4n) is 4.88. The van der Waals surface area contributed by atoms with Gasteiger partial charge in [-0.2, -0.15) is 5.10 Å². The maximum absolute atomic E-state index is 6.58. The van der Waals surface area contributed by atoms with Gasteiger partial charge < -0.3 is 10.6 Å². The van der Waals surface area contributed by atoms with E-state index in [1.54, 1.807) is 34.6 Å². The Balaban J connectivity index is 1.15. The Morgan fingerprint density at radius 3 is 2.70 bits per heavy atom. The molecule has 0 radical (unpaired) electrons. The van der Waals surface area contributed by atoms with Crippen LogP contribution in [0.5, 0.6) is 0 Å². The first-order valence-corrected chi connectivity index (χ1v) is 12.7. The Morgan fingerprint density at radius 1 is 1.21 bits per heavy atom. The average Bonchev–Trinajstić information content (AvgIpc) is 3.39. The van der Waals surface area contributed by atoms with Crippen molar-refractivity contribution in [2.24, 2.45) is 17.6 Å². The number of halogens is 1. The normalized spacial score (nSPS) is 23.7. The second-order valence-corrected chi connectivity index (χ2v) is 10.7. The number of aromatic nitrogens is 6. The largest absolute Gasteiger partial charge is 0.355 e. The Labute approximate surface area is 204 Å². The molecule has 2 N–H and O–H groups in total. The van der Waals surface area contributed by atoms with Crippen molar-refractivity contribution in [2.45, 2.75) is 22.3 Å². The van der Waals surface area contributed by atoms with Crippen LogP contribution in [-0.2, 0) is 5.41 Å². The van der Waals surface area contributed by atoms with Gasteiger partial charge in [-0.1, -0.05) is 23.4 Å². The standard InChI is InChI=1S/C22H21ClN8S2/c1-13-11-32-21(29-13)22(12-24)14-9-30(10-15(14)22)17-7-27-18(8-26-17)33-16-3-5-25-20(19(16)23)31-6-2-4-28-31/h2-8,11,14-15H,9-10,12,24H2,1H3/t14-,15+,22-. The Kier molecular flexibility index (Phi) is 5.13. The summed E-state index contributed by atoms with van der Waals surface area (Å²) < 4.78 is 1.65. The number of hydrogen-bond donors (Lipinski definition) is 1. The first kappa shape index (κ1) is 21.0. The van der Waals surface area contributed by atoms with Gasteiger partial charge in [-0.05, 0) is 30.9 Å². The van der Waals surface area contributed by atoms with Crippen LogP contribution in [0.15, 0.2) is 58.4 Å². The molecule has 0 unspecified atom stereocenters. The molecule has 8 nitrogen and oxygen atoms in total. The number of anilines is 1. The van der Waals surface area contributed by atoms with Gasteiger partial charge in [0, 0.05) is 59.6 Å². The lowest BCUT2D eigenvalue weighted by Gasteiger charge is -2.25. The van der Waals surface area contributed by atoms with Crippen molar-refractivity contribution in [1.82, 2.24) is 29.7 Å². The molecule has 5 heterocycles. The number of fused-ring (bicyclic) bond motifs is 1. The fraction of sp³-hybridized carbons (Fsp3) is 0.318. The summed E-state index contributed by atoms with van der Waals surface area (Å²) >= 11 is 9.78. The summed E-state index contributed by atoms with van der Waals surface area (Å²) in [6.45, 7) is 4.56. The van der Waals surface area contributed by atoms with E-state index in [0.29, 0.717) is 29.2 Å². The van der Waals surface area contributed by atoms with Crippen LogP contribution in [0.3, 0.4) is 0 Å². The van der Waals surface area contributed by atoms with Crippen molar-refractivity contribution < 1.29 is 0 Å².